The van der Waals surface area contributed by atoms with Gasteiger partial charge >= 0.3 is 0 Å². The standard InChI is InChI=1S/C7H13NO2/c1-2-3-4-8-5-6(8)7(9)10/h6H,2-5H2,1H3,(H,9,10)/p-1/t6-,8?/m0/s1. The zero-order chi connectivity index (χ0) is 7.56. The third-order valence-electron chi connectivity index (χ3n) is 1.79. The van der Waals surface area contributed by atoms with E-state index in [0.717, 1.165) is 19.4 Å². The molecular formula is C7H12NO2-. The van der Waals surface area contributed by atoms with E-state index in [1.807, 2.05) is 4.90 Å². The molecule has 1 saturated heterocycles. The predicted octanol–water partition coefficient (Wildman–Crippen LogP) is -0.779. The minimum Gasteiger partial charge on any atom is -0.548 e. The largest absolute Gasteiger partial charge is 0.548 e. The number of hydrogen-bond acceptors (Lipinski definition) is 3. The number of aliphatic carboxylic acids is 1. The Morgan fingerprint density at radius 1 is 1.80 bits per heavy atom. The molecule has 0 aromatic carbocycles. The molecule has 1 aliphatic rings. The minimum atomic E-state index is -0.920. The van der Waals surface area contributed by atoms with E-state index in [-0.39, 0.29) is 6.04 Å². The molecule has 0 saturated carbocycles. The second kappa shape index (κ2) is 3.01. The lowest BCUT2D eigenvalue weighted by Gasteiger charge is -2.01. The molecule has 0 radical (unpaired) electrons. The Hall–Kier alpha value is -0.570. The molecule has 0 amide bonds. The summed E-state index contributed by atoms with van der Waals surface area (Å²) in [5.74, 6) is -0.920. The van der Waals surface area contributed by atoms with Crippen LogP contribution in [0, 0.1) is 0 Å². The lowest BCUT2D eigenvalue weighted by atomic mass is 10.3. The van der Waals surface area contributed by atoms with Gasteiger partial charge in [-0.05, 0) is 13.0 Å². The Bertz CT molecular complexity index is 136. The molecule has 1 unspecified atom stereocenters. The second-order valence-electron chi connectivity index (χ2n) is 2.68. The topological polar surface area (TPSA) is 43.1 Å². The number of unbranched alkanes of at least 4 members (excludes halogenated alkanes) is 1. The zero-order valence-electron chi connectivity index (χ0n) is 6.17. The van der Waals surface area contributed by atoms with Crippen LogP contribution in [0.1, 0.15) is 19.8 Å². The van der Waals surface area contributed by atoms with Crippen LogP contribution in [0.3, 0.4) is 0 Å². The van der Waals surface area contributed by atoms with Crippen molar-refractivity contribution in [1.29, 1.82) is 0 Å². The van der Waals surface area contributed by atoms with Gasteiger partial charge in [-0.25, -0.2) is 0 Å². The number of carbonyl (C=O) groups is 1. The van der Waals surface area contributed by atoms with E-state index in [0.29, 0.717) is 6.54 Å². The van der Waals surface area contributed by atoms with Crippen molar-refractivity contribution in [1.82, 2.24) is 4.90 Å². The molecule has 0 aromatic heterocycles. The third-order valence-corrected chi connectivity index (χ3v) is 1.79. The van der Waals surface area contributed by atoms with Crippen LogP contribution >= 0.6 is 0 Å². The van der Waals surface area contributed by atoms with Gasteiger partial charge in [0, 0.05) is 6.54 Å². The van der Waals surface area contributed by atoms with Crippen molar-refractivity contribution < 1.29 is 9.90 Å². The van der Waals surface area contributed by atoms with Crippen LogP contribution in [0.15, 0.2) is 0 Å². The highest BCUT2D eigenvalue weighted by atomic mass is 16.4. The number of carboxylic acid groups (broad SMARTS) is 1. The van der Waals surface area contributed by atoms with Crippen LogP contribution in [0.25, 0.3) is 0 Å². The number of nitrogens with zero attached hydrogens (tertiary/aromatic N) is 1. The number of rotatable bonds is 4. The summed E-state index contributed by atoms with van der Waals surface area (Å²) in [5, 5.41) is 10.2. The van der Waals surface area contributed by atoms with Gasteiger partial charge in [0.25, 0.3) is 0 Å². The molecule has 3 heteroatoms. The van der Waals surface area contributed by atoms with E-state index in [1.165, 1.54) is 0 Å². The highest BCUT2D eigenvalue weighted by molar-refractivity contribution is 5.74. The predicted molar refractivity (Wildman–Crippen MR) is 35.3 cm³/mol. The molecule has 1 fully saturated rings. The summed E-state index contributed by atoms with van der Waals surface area (Å²) in [5.41, 5.74) is 0. The SMILES string of the molecule is CCCCN1C[C@H]1C(=O)[O-]. The average molecular weight is 142 g/mol. The molecule has 0 aromatic rings. The molecule has 1 aliphatic heterocycles. The van der Waals surface area contributed by atoms with E-state index in [4.69, 9.17) is 0 Å². The van der Waals surface area contributed by atoms with Gasteiger partial charge in [-0.2, -0.15) is 0 Å². The van der Waals surface area contributed by atoms with Crippen LogP contribution in [-0.4, -0.2) is 30.0 Å². The van der Waals surface area contributed by atoms with Gasteiger partial charge in [-0.3, -0.25) is 4.90 Å². The first-order chi connectivity index (χ1) is 4.75. The molecule has 58 valence electrons. The summed E-state index contributed by atoms with van der Waals surface area (Å²) < 4.78 is 0. The van der Waals surface area contributed by atoms with E-state index in [1.54, 1.807) is 0 Å². The molecule has 0 spiro atoms. The lowest BCUT2D eigenvalue weighted by Crippen LogP contribution is -2.30. The highest BCUT2D eigenvalue weighted by Crippen LogP contribution is 2.16. The van der Waals surface area contributed by atoms with Crippen LogP contribution in [-0.2, 0) is 4.79 Å². The lowest BCUT2D eigenvalue weighted by molar-refractivity contribution is -0.305. The Kier molecular flexibility index (Phi) is 2.27. The molecular weight excluding hydrogens is 130 g/mol. The van der Waals surface area contributed by atoms with Crippen molar-refractivity contribution in [3.63, 3.8) is 0 Å². The molecule has 2 atom stereocenters. The van der Waals surface area contributed by atoms with Crippen molar-refractivity contribution in [2.75, 3.05) is 13.1 Å². The van der Waals surface area contributed by atoms with Crippen LogP contribution in [0.2, 0.25) is 0 Å². The van der Waals surface area contributed by atoms with Gasteiger partial charge in [0.1, 0.15) is 0 Å². The summed E-state index contributed by atoms with van der Waals surface area (Å²) in [6.07, 6.45) is 2.21. The maximum atomic E-state index is 10.2. The van der Waals surface area contributed by atoms with Gasteiger partial charge in [0.15, 0.2) is 0 Å². The molecule has 3 nitrogen and oxygen atoms in total. The van der Waals surface area contributed by atoms with Crippen molar-refractivity contribution in [2.45, 2.75) is 25.8 Å². The van der Waals surface area contributed by atoms with E-state index >= 15 is 0 Å². The monoisotopic (exact) mass is 142 g/mol. The summed E-state index contributed by atoms with van der Waals surface area (Å²) in [7, 11) is 0. The van der Waals surface area contributed by atoms with Crippen LogP contribution in [0.4, 0.5) is 0 Å². The Morgan fingerprint density at radius 2 is 2.50 bits per heavy atom. The first-order valence-corrected chi connectivity index (χ1v) is 3.70. The van der Waals surface area contributed by atoms with Crippen molar-refractivity contribution in [3.8, 4) is 0 Å². The number of hydrogen-bond donors (Lipinski definition) is 0. The number of carbonyl (C=O) groups excluding carboxylic acids is 1. The molecule has 0 N–H and O–H groups in total. The average Bonchev–Trinajstić information content (AvgIpc) is 2.62. The fraction of sp³-hybridized carbons (Fsp3) is 0.857. The Morgan fingerprint density at radius 3 is 2.90 bits per heavy atom. The smallest absolute Gasteiger partial charge is 0.0622 e. The van der Waals surface area contributed by atoms with Crippen molar-refractivity contribution in [3.05, 3.63) is 0 Å². The Labute approximate surface area is 60.6 Å². The van der Waals surface area contributed by atoms with Gasteiger partial charge in [-0.15, -0.1) is 0 Å². The molecule has 1 heterocycles. The fourth-order valence-corrected chi connectivity index (χ4v) is 1.01. The van der Waals surface area contributed by atoms with Gasteiger partial charge in [-0.1, -0.05) is 13.3 Å². The van der Waals surface area contributed by atoms with Crippen LogP contribution in [0.5, 0.6) is 0 Å². The fourth-order valence-electron chi connectivity index (χ4n) is 1.01. The van der Waals surface area contributed by atoms with Gasteiger partial charge in [0.2, 0.25) is 0 Å². The molecule has 0 bridgehead atoms. The van der Waals surface area contributed by atoms with Crippen LogP contribution < -0.4 is 5.11 Å². The molecule has 1 rings (SSSR count). The zero-order valence-corrected chi connectivity index (χ0v) is 6.17. The molecule has 0 aliphatic carbocycles. The maximum absolute atomic E-state index is 10.2. The third kappa shape index (κ3) is 1.70. The summed E-state index contributed by atoms with van der Waals surface area (Å²) in [4.78, 5) is 12.1. The summed E-state index contributed by atoms with van der Waals surface area (Å²) in [6.45, 7) is 3.70. The van der Waals surface area contributed by atoms with Crippen molar-refractivity contribution in [2.24, 2.45) is 0 Å². The summed E-state index contributed by atoms with van der Waals surface area (Å²) in [6, 6.07) is -0.272. The number of carboxylic acids is 1. The van der Waals surface area contributed by atoms with Gasteiger partial charge < -0.3 is 9.90 Å². The normalized spacial score (nSPS) is 30.1. The first-order valence-electron chi connectivity index (χ1n) is 3.70. The molecule has 10 heavy (non-hydrogen) atoms. The quantitative estimate of drug-likeness (QED) is 0.484. The van der Waals surface area contributed by atoms with E-state index in [2.05, 4.69) is 6.92 Å². The van der Waals surface area contributed by atoms with Gasteiger partial charge in [0.05, 0.1) is 12.0 Å². The highest BCUT2D eigenvalue weighted by Gasteiger charge is 2.33. The van der Waals surface area contributed by atoms with E-state index in [9.17, 15) is 9.90 Å². The summed E-state index contributed by atoms with van der Waals surface area (Å²) >= 11 is 0. The maximum Gasteiger partial charge on any atom is 0.0622 e. The first kappa shape index (κ1) is 7.54. The minimum absolute atomic E-state index is 0.272. The van der Waals surface area contributed by atoms with Crippen molar-refractivity contribution >= 4 is 5.97 Å². The van der Waals surface area contributed by atoms with E-state index < -0.39 is 5.97 Å². The Balaban J connectivity index is 2.08. The second-order valence-corrected chi connectivity index (χ2v) is 2.68.